The van der Waals surface area contributed by atoms with Crippen LogP contribution in [0.5, 0.6) is 0 Å². The summed E-state index contributed by atoms with van der Waals surface area (Å²) in [4.78, 5) is 32.3. The summed E-state index contributed by atoms with van der Waals surface area (Å²) in [6.07, 6.45) is 3.25. The number of nitrogens with one attached hydrogen (secondary N) is 1. The van der Waals surface area contributed by atoms with E-state index in [4.69, 9.17) is 0 Å². The van der Waals surface area contributed by atoms with Crippen molar-refractivity contribution in [1.29, 1.82) is 0 Å². The van der Waals surface area contributed by atoms with E-state index < -0.39 is 0 Å². The maximum atomic E-state index is 13.3. The molecule has 2 fully saturated rings. The van der Waals surface area contributed by atoms with Gasteiger partial charge in [-0.15, -0.1) is 0 Å². The number of fused-ring (bicyclic) bond motifs is 1. The molecule has 0 bridgehead atoms. The minimum Gasteiger partial charge on any atom is -0.361 e. The topological polar surface area (TPSA) is 56.4 Å². The number of H-pyrrole nitrogens is 1. The summed E-state index contributed by atoms with van der Waals surface area (Å²) in [5.41, 5.74) is 2.88. The fourth-order valence-electron chi connectivity index (χ4n) is 4.96. The molecule has 3 aromatic rings. The lowest BCUT2D eigenvalue weighted by molar-refractivity contribution is -0.137. The lowest BCUT2D eigenvalue weighted by Crippen LogP contribution is -2.61. The molecule has 0 radical (unpaired) electrons. The van der Waals surface area contributed by atoms with E-state index in [2.05, 4.69) is 23.7 Å². The molecule has 1 N–H and O–H groups in total. The van der Waals surface area contributed by atoms with Crippen LogP contribution in [0.3, 0.4) is 0 Å². The van der Waals surface area contributed by atoms with E-state index in [1.54, 1.807) is 0 Å². The molecule has 5 heteroatoms. The number of aromatic amines is 1. The summed E-state index contributed by atoms with van der Waals surface area (Å²) in [5.74, 6) is 0.238. The molecule has 0 unspecified atom stereocenters. The Morgan fingerprint density at radius 1 is 1.03 bits per heavy atom. The summed E-state index contributed by atoms with van der Waals surface area (Å²) in [5, 5.41) is 1.04. The predicted molar refractivity (Wildman–Crippen MR) is 113 cm³/mol. The Hall–Kier alpha value is -3.34. The van der Waals surface area contributed by atoms with Crippen molar-refractivity contribution in [2.45, 2.75) is 5.92 Å². The van der Waals surface area contributed by atoms with Crippen molar-refractivity contribution in [1.82, 2.24) is 14.8 Å². The van der Waals surface area contributed by atoms with Crippen LogP contribution in [0.25, 0.3) is 10.9 Å². The van der Waals surface area contributed by atoms with Crippen LogP contribution in [0.2, 0.25) is 0 Å². The Kier molecular flexibility index (Phi) is 4.05. The maximum Gasteiger partial charge on any atom is 0.253 e. The van der Waals surface area contributed by atoms with Crippen LogP contribution >= 0.6 is 0 Å². The largest absolute Gasteiger partial charge is 0.361 e. The molecule has 3 heterocycles. The summed E-state index contributed by atoms with van der Waals surface area (Å²) in [6, 6.07) is 18.1. The Labute approximate surface area is 169 Å². The smallest absolute Gasteiger partial charge is 0.253 e. The van der Waals surface area contributed by atoms with Crippen molar-refractivity contribution in [2.24, 2.45) is 5.41 Å². The molecular weight excluding hydrogens is 362 g/mol. The lowest BCUT2D eigenvalue weighted by atomic mass is 9.69. The minimum absolute atomic E-state index is 0.0369. The van der Waals surface area contributed by atoms with E-state index in [0.717, 1.165) is 10.9 Å². The molecule has 0 saturated carbocycles. The number of hydrogen-bond donors (Lipinski definition) is 1. The van der Waals surface area contributed by atoms with Crippen molar-refractivity contribution >= 4 is 22.7 Å². The van der Waals surface area contributed by atoms with Gasteiger partial charge in [0.05, 0.1) is 0 Å². The number of benzene rings is 2. The van der Waals surface area contributed by atoms with Gasteiger partial charge in [-0.3, -0.25) is 9.59 Å². The van der Waals surface area contributed by atoms with Gasteiger partial charge in [0.1, 0.15) is 0 Å². The van der Waals surface area contributed by atoms with E-state index in [1.807, 2.05) is 58.5 Å². The van der Waals surface area contributed by atoms with Gasteiger partial charge in [0.15, 0.2) is 0 Å². The Bertz CT molecular complexity index is 1100. The molecule has 5 rings (SSSR count). The fourth-order valence-corrected chi connectivity index (χ4v) is 4.96. The average molecular weight is 385 g/mol. The molecule has 1 spiro atoms. The zero-order valence-electron chi connectivity index (χ0n) is 16.2. The molecule has 29 heavy (non-hydrogen) atoms. The lowest BCUT2D eigenvalue weighted by Gasteiger charge is -2.50. The SMILES string of the molecule is C=CC(=O)N1CC2(C1)CN(C(=O)c1ccc3[nH]ccc3c1)C[C@H]2c1ccccc1. The fraction of sp³-hybridized carbons (Fsp3) is 0.250. The third-order valence-electron chi connectivity index (χ3n) is 6.44. The van der Waals surface area contributed by atoms with Gasteiger partial charge in [-0.1, -0.05) is 36.9 Å². The van der Waals surface area contributed by atoms with Crippen LogP contribution < -0.4 is 0 Å². The second kappa shape index (κ2) is 6.62. The molecule has 2 saturated heterocycles. The van der Waals surface area contributed by atoms with Gasteiger partial charge in [-0.05, 0) is 35.9 Å². The summed E-state index contributed by atoms with van der Waals surface area (Å²) in [6.45, 7) is 6.27. The molecule has 5 nitrogen and oxygen atoms in total. The third kappa shape index (κ3) is 2.85. The second-order valence-corrected chi connectivity index (χ2v) is 8.19. The molecule has 2 aliphatic heterocycles. The molecular formula is C24H23N3O2. The number of amides is 2. The van der Waals surface area contributed by atoms with Crippen LogP contribution in [0.1, 0.15) is 21.8 Å². The van der Waals surface area contributed by atoms with Crippen molar-refractivity contribution in [3.63, 3.8) is 0 Å². The van der Waals surface area contributed by atoms with Crippen molar-refractivity contribution < 1.29 is 9.59 Å². The third-order valence-corrected chi connectivity index (χ3v) is 6.44. The predicted octanol–water partition coefficient (Wildman–Crippen LogP) is 3.42. The molecule has 0 aliphatic carbocycles. The average Bonchev–Trinajstić information content (AvgIpc) is 3.36. The molecule has 146 valence electrons. The first-order valence-electron chi connectivity index (χ1n) is 9.92. The molecule has 2 amide bonds. The van der Waals surface area contributed by atoms with Gasteiger partial charge in [0, 0.05) is 60.2 Å². The van der Waals surface area contributed by atoms with Crippen molar-refractivity contribution in [3.05, 3.63) is 84.6 Å². The van der Waals surface area contributed by atoms with E-state index in [0.29, 0.717) is 31.7 Å². The van der Waals surface area contributed by atoms with Crippen LogP contribution in [-0.2, 0) is 4.79 Å². The van der Waals surface area contributed by atoms with E-state index in [-0.39, 0.29) is 23.1 Å². The Morgan fingerprint density at radius 2 is 1.79 bits per heavy atom. The monoisotopic (exact) mass is 385 g/mol. The van der Waals surface area contributed by atoms with Crippen LogP contribution in [-0.4, -0.2) is 52.8 Å². The highest BCUT2D eigenvalue weighted by molar-refractivity contribution is 5.98. The summed E-state index contributed by atoms with van der Waals surface area (Å²) >= 11 is 0. The van der Waals surface area contributed by atoms with Gasteiger partial charge in [0.2, 0.25) is 5.91 Å². The highest BCUT2D eigenvalue weighted by Gasteiger charge is 2.56. The zero-order chi connectivity index (χ0) is 20.0. The first-order valence-corrected chi connectivity index (χ1v) is 9.92. The number of aromatic nitrogens is 1. The van der Waals surface area contributed by atoms with Crippen LogP contribution in [0.15, 0.2) is 73.4 Å². The number of hydrogen-bond acceptors (Lipinski definition) is 2. The van der Waals surface area contributed by atoms with Crippen LogP contribution in [0, 0.1) is 5.41 Å². The Morgan fingerprint density at radius 3 is 2.55 bits per heavy atom. The number of carbonyl (C=O) groups is 2. The minimum atomic E-state index is -0.0894. The first-order chi connectivity index (χ1) is 14.1. The molecule has 1 atom stereocenters. The van der Waals surface area contributed by atoms with E-state index in [1.165, 1.54) is 11.6 Å². The van der Waals surface area contributed by atoms with E-state index >= 15 is 0 Å². The quantitative estimate of drug-likeness (QED) is 0.703. The van der Waals surface area contributed by atoms with Gasteiger partial charge in [0.25, 0.3) is 5.91 Å². The Balaban J connectivity index is 1.44. The van der Waals surface area contributed by atoms with E-state index in [9.17, 15) is 9.59 Å². The zero-order valence-corrected chi connectivity index (χ0v) is 16.2. The number of carbonyl (C=O) groups excluding carboxylic acids is 2. The number of nitrogens with zero attached hydrogens (tertiary/aromatic N) is 2. The summed E-state index contributed by atoms with van der Waals surface area (Å²) in [7, 11) is 0. The first kappa shape index (κ1) is 17.7. The van der Waals surface area contributed by atoms with Gasteiger partial charge in [-0.2, -0.15) is 0 Å². The molecule has 1 aromatic heterocycles. The highest BCUT2D eigenvalue weighted by atomic mass is 16.2. The highest BCUT2D eigenvalue weighted by Crippen LogP contribution is 2.49. The van der Waals surface area contributed by atoms with Crippen molar-refractivity contribution in [2.75, 3.05) is 26.2 Å². The van der Waals surface area contributed by atoms with Gasteiger partial charge >= 0.3 is 0 Å². The normalized spacial score (nSPS) is 20.1. The number of likely N-dealkylation sites (tertiary alicyclic amines) is 2. The molecule has 2 aromatic carbocycles. The number of rotatable bonds is 3. The van der Waals surface area contributed by atoms with Gasteiger partial charge < -0.3 is 14.8 Å². The standard InChI is InChI=1S/C24H23N3O2/c1-2-22(28)27-15-24(16-27)14-26(13-20(24)17-6-4-3-5-7-17)23(29)19-8-9-21-18(12-19)10-11-25-21/h2-12,20,25H,1,13-16H2/t20-/m0/s1. The summed E-state index contributed by atoms with van der Waals surface area (Å²) < 4.78 is 0. The molecule has 2 aliphatic rings. The second-order valence-electron chi connectivity index (χ2n) is 8.19. The van der Waals surface area contributed by atoms with Crippen LogP contribution in [0.4, 0.5) is 0 Å². The van der Waals surface area contributed by atoms with Crippen molar-refractivity contribution in [3.8, 4) is 0 Å². The van der Waals surface area contributed by atoms with Gasteiger partial charge in [-0.25, -0.2) is 0 Å². The maximum absolute atomic E-state index is 13.3.